The minimum absolute atomic E-state index is 0.00292. The quantitative estimate of drug-likeness (QED) is 0.772. The molecule has 0 aliphatic carbocycles. The Balaban J connectivity index is 2.79. The molecule has 1 amide bonds. The first-order chi connectivity index (χ1) is 5.79. The Kier molecular flexibility index (Phi) is 3.22. The van der Waals surface area contributed by atoms with Gasteiger partial charge in [0.15, 0.2) is 0 Å². The van der Waals surface area contributed by atoms with Gasteiger partial charge < -0.3 is 5.32 Å². The van der Waals surface area contributed by atoms with Crippen molar-refractivity contribution in [3.8, 4) is 0 Å². The number of hydrogen-bond donors (Lipinski definition) is 1. The first-order valence-corrected chi connectivity index (χ1v) is 4.88. The number of amides is 1. The number of aryl methyl sites for hydroxylation is 1. The van der Waals surface area contributed by atoms with E-state index in [1.54, 1.807) is 5.51 Å². The van der Waals surface area contributed by atoms with Crippen molar-refractivity contribution >= 4 is 17.2 Å². The van der Waals surface area contributed by atoms with Gasteiger partial charge in [-0.05, 0) is 13.3 Å². The Labute approximate surface area is 75.8 Å². The van der Waals surface area contributed by atoms with Gasteiger partial charge in [0, 0.05) is 6.54 Å². The van der Waals surface area contributed by atoms with Crippen molar-refractivity contribution in [1.82, 2.24) is 10.3 Å². The summed E-state index contributed by atoms with van der Waals surface area (Å²) < 4.78 is 0. The van der Waals surface area contributed by atoms with Gasteiger partial charge >= 0.3 is 0 Å². The molecule has 1 heterocycles. The number of thiazole rings is 1. The number of rotatable bonds is 3. The van der Waals surface area contributed by atoms with E-state index in [0.29, 0.717) is 6.54 Å². The third-order valence-corrected chi connectivity index (χ3v) is 2.39. The third kappa shape index (κ3) is 1.82. The predicted octanol–water partition coefficient (Wildman–Crippen LogP) is 1.46. The van der Waals surface area contributed by atoms with Crippen LogP contribution in [0.25, 0.3) is 0 Å². The normalized spacial score (nSPS) is 9.83. The number of aromatic nitrogens is 1. The average Bonchev–Trinajstić information content (AvgIpc) is 2.51. The fourth-order valence-electron chi connectivity index (χ4n) is 0.947. The molecule has 0 aliphatic heterocycles. The maximum absolute atomic E-state index is 11.3. The summed E-state index contributed by atoms with van der Waals surface area (Å²) in [5.74, 6) is -0.00292. The molecule has 0 saturated carbocycles. The highest BCUT2D eigenvalue weighted by Gasteiger charge is 2.11. The minimum atomic E-state index is -0.00292. The zero-order valence-electron chi connectivity index (χ0n) is 7.26. The van der Waals surface area contributed by atoms with Gasteiger partial charge in [0.25, 0.3) is 5.91 Å². The van der Waals surface area contributed by atoms with Crippen LogP contribution in [0.3, 0.4) is 0 Å². The molecule has 0 radical (unpaired) electrons. The van der Waals surface area contributed by atoms with Gasteiger partial charge in [-0.15, -0.1) is 11.3 Å². The largest absolute Gasteiger partial charge is 0.352 e. The highest BCUT2D eigenvalue weighted by atomic mass is 32.1. The van der Waals surface area contributed by atoms with Gasteiger partial charge in [0.2, 0.25) is 0 Å². The van der Waals surface area contributed by atoms with E-state index < -0.39 is 0 Å². The molecular formula is C8H12N2OS. The van der Waals surface area contributed by atoms with Crippen LogP contribution >= 0.6 is 11.3 Å². The second-order valence-electron chi connectivity index (χ2n) is 2.34. The summed E-state index contributed by atoms with van der Waals surface area (Å²) in [6.07, 6.45) is 0.815. The van der Waals surface area contributed by atoms with E-state index in [-0.39, 0.29) is 5.91 Å². The van der Waals surface area contributed by atoms with Crippen LogP contribution in [0.2, 0.25) is 0 Å². The van der Waals surface area contributed by atoms with Crippen LogP contribution in [-0.4, -0.2) is 17.4 Å². The maximum atomic E-state index is 11.3. The highest BCUT2D eigenvalue weighted by Crippen LogP contribution is 2.13. The fourth-order valence-corrected chi connectivity index (χ4v) is 1.74. The second-order valence-corrected chi connectivity index (χ2v) is 3.20. The lowest BCUT2D eigenvalue weighted by molar-refractivity contribution is 0.0959. The lowest BCUT2D eigenvalue weighted by Gasteiger charge is -1.99. The molecule has 1 aromatic rings. The Morgan fingerprint density at radius 3 is 3.00 bits per heavy atom. The number of hydrogen-bond acceptors (Lipinski definition) is 3. The van der Waals surface area contributed by atoms with E-state index in [1.165, 1.54) is 11.3 Å². The standard InChI is InChI=1S/C8H12N2OS/c1-3-6-7(12-5-10-6)8(11)9-4-2/h5H,3-4H2,1-2H3,(H,9,11). The van der Waals surface area contributed by atoms with Crippen LogP contribution in [0.1, 0.15) is 29.2 Å². The zero-order chi connectivity index (χ0) is 8.97. The van der Waals surface area contributed by atoms with E-state index >= 15 is 0 Å². The molecule has 0 aromatic carbocycles. The summed E-state index contributed by atoms with van der Waals surface area (Å²) in [7, 11) is 0. The lowest BCUT2D eigenvalue weighted by atomic mass is 10.3. The molecule has 12 heavy (non-hydrogen) atoms. The van der Waals surface area contributed by atoms with Crippen molar-refractivity contribution in [3.05, 3.63) is 16.1 Å². The van der Waals surface area contributed by atoms with Crippen LogP contribution in [-0.2, 0) is 6.42 Å². The average molecular weight is 184 g/mol. The molecule has 0 unspecified atom stereocenters. The molecule has 0 atom stereocenters. The summed E-state index contributed by atoms with van der Waals surface area (Å²) in [6, 6.07) is 0. The predicted molar refractivity (Wildman–Crippen MR) is 49.5 cm³/mol. The Hall–Kier alpha value is -0.900. The van der Waals surface area contributed by atoms with Gasteiger partial charge in [-0.3, -0.25) is 4.79 Å². The van der Waals surface area contributed by atoms with Crippen molar-refractivity contribution in [2.75, 3.05) is 6.54 Å². The van der Waals surface area contributed by atoms with E-state index in [0.717, 1.165) is 17.0 Å². The van der Waals surface area contributed by atoms with Crippen molar-refractivity contribution in [1.29, 1.82) is 0 Å². The number of carbonyl (C=O) groups is 1. The fraction of sp³-hybridized carbons (Fsp3) is 0.500. The van der Waals surface area contributed by atoms with Crippen molar-refractivity contribution < 1.29 is 4.79 Å². The second kappa shape index (κ2) is 4.21. The third-order valence-electron chi connectivity index (χ3n) is 1.52. The summed E-state index contributed by atoms with van der Waals surface area (Å²) >= 11 is 1.40. The number of nitrogens with one attached hydrogen (secondary N) is 1. The van der Waals surface area contributed by atoms with Gasteiger partial charge in [-0.2, -0.15) is 0 Å². The van der Waals surface area contributed by atoms with Crippen LogP contribution in [0, 0.1) is 0 Å². The smallest absolute Gasteiger partial charge is 0.263 e. The summed E-state index contributed by atoms with van der Waals surface area (Å²) in [5, 5.41) is 2.75. The van der Waals surface area contributed by atoms with Gasteiger partial charge in [0.05, 0.1) is 11.2 Å². The SMILES string of the molecule is CCNC(=O)c1scnc1CC. The zero-order valence-corrected chi connectivity index (χ0v) is 8.07. The van der Waals surface area contributed by atoms with Crippen LogP contribution in [0.15, 0.2) is 5.51 Å². The van der Waals surface area contributed by atoms with Crippen LogP contribution in [0.4, 0.5) is 0 Å². The van der Waals surface area contributed by atoms with Crippen molar-refractivity contribution in [2.45, 2.75) is 20.3 Å². The Bertz CT molecular complexity index is 270. The van der Waals surface area contributed by atoms with E-state index in [9.17, 15) is 4.79 Å². The Morgan fingerprint density at radius 2 is 2.42 bits per heavy atom. The number of nitrogens with zero attached hydrogens (tertiary/aromatic N) is 1. The monoisotopic (exact) mass is 184 g/mol. The lowest BCUT2D eigenvalue weighted by Crippen LogP contribution is -2.22. The first-order valence-electron chi connectivity index (χ1n) is 4.00. The first kappa shape index (κ1) is 9.19. The number of carbonyl (C=O) groups excluding carboxylic acids is 1. The summed E-state index contributed by atoms with van der Waals surface area (Å²) in [6.45, 7) is 4.57. The molecule has 66 valence electrons. The van der Waals surface area contributed by atoms with Gasteiger partial charge in [0.1, 0.15) is 4.88 Å². The Morgan fingerprint density at radius 1 is 1.67 bits per heavy atom. The molecule has 1 rings (SSSR count). The van der Waals surface area contributed by atoms with E-state index in [1.807, 2.05) is 13.8 Å². The molecule has 0 fully saturated rings. The summed E-state index contributed by atoms with van der Waals surface area (Å²) in [5.41, 5.74) is 2.61. The molecular weight excluding hydrogens is 172 g/mol. The molecule has 0 saturated heterocycles. The highest BCUT2D eigenvalue weighted by molar-refractivity contribution is 7.11. The topological polar surface area (TPSA) is 42.0 Å². The van der Waals surface area contributed by atoms with E-state index in [2.05, 4.69) is 10.3 Å². The molecule has 0 bridgehead atoms. The van der Waals surface area contributed by atoms with Crippen LogP contribution in [0.5, 0.6) is 0 Å². The summed E-state index contributed by atoms with van der Waals surface area (Å²) in [4.78, 5) is 16.2. The molecule has 0 spiro atoms. The van der Waals surface area contributed by atoms with Crippen molar-refractivity contribution in [2.24, 2.45) is 0 Å². The van der Waals surface area contributed by atoms with Gasteiger partial charge in [-0.25, -0.2) is 4.98 Å². The van der Waals surface area contributed by atoms with Gasteiger partial charge in [-0.1, -0.05) is 6.92 Å². The van der Waals surface area contributed by atoms with E-state index in [4.69, 9.17) is 0 Å². The molecule has 1 aromatic heterocycles. The molecule has 3 nitrogen and oxygen atoms in total. The maximum Gasteiger partial charge on any atom is 0.263 e. The minimum Gasteiger partial charge on any atom is -0.352 e. The van der Waals surface area contributed by atoms with Crippen LogP contribution < -0.4 is 5.32 Å². The molecule has 4 heteroatoms. The molecule has 1 N–H and O–H groups in total. The van der Waals surface area contributed by atoms with Crippen molar-refractivity contribution in [3.63, 3.8) is 0 Å². The molecule has 0 aliphatic rings.